The predicted molar refractivity (Wildman–Crippen MR) is 69.6 cm³/mol. The molecule has 3 N–H and O–H groups in total. The van der Waals surface area contributed by atoms with E-state index in [1.165, 1.54) is 18.2 Å². The van der Waals surface area contributed by atoms with Crippen LogP contribution in [0.25, 0.3) is 0 Å². The number of nitro benzene ring substituents is 1. The Morgan fingerprint density at radius 1 is 1.61 bits per heavy atom. The Morgan fingerprint density at radius 2 is 2.22 bits per heavy atom. The minimum atomic E-state index is -0.992. The highest BCUT2D eigenvalue weighted by Gasteiger charge is 2.26. The fourth-order valence-electron chi connectivity index (χ4n) is 1.17. The number of nitrogens with one attached hydrogen (secondary N) is 1. The molecule has 98 valence electrons. The number of rotatable bonds is 4. The van der Waals surface area contributed by atoms with E-state index in [9.17, 15) is 14.9 Å². The van der Waals surface area contributed by atoms with Crippen LogP contribution in [0, 0.1) is 10.1 Å². The maximum Gasteiger partial charge on any atom is 0.288 e. The van der Waals surface area contributed by atoms with Crippen molar-refractivity contribution in [3.8, 4) is 0 Å². The van der Waals surface area contributed by atoms with Crippen LogP contribution in [0.5, 0.6) is 0 Å². The van der Waals surface area contributed by atoms with Gasteiger partial charge in [-0.2, -0.15) is 0 Å². The average Bonchev–Trinajstić information content (AvgIpc) is 2.28. The highest BCUT2D eigenvalue weighted by molar-refractivity contribution is 6.33. The number of carbonyl (C=O) groups is 1. The molecule has 18 heavy (non-hydrogen) atoms. The normalized spacial score (nSPS) is 13.8. The molecular weight excluding hydrogens is 258 g/mol. The number of amides is 1. The smallest absolute Gasteiger partial charge is 0.288 e. The van der Waals surface area contributed by atoms with Crippen molar-refractivity contribution in [2.24, 2.45) is 5.73 Å². The van der Waals surface area contributed by atoms with Gasteiger partial charge >= 0.3 is 0 Å². The summed E-state index contributed by atoms with van der Waals surface area (Å²) in [4.78, 5) is 21.8. The number of benzene rings is 1. The Kier molecular flexibility index (Phi) is 4.26. The summed E-state index contributed by atoms with van der Waals surface area (Å²) in [5.74, 6) is -0.366. The van der Waals surface area contributed by atoms with Gasteiger partial charge in [-0.05, 0) is 25.5 Å². The lowest BCUT2D eigenvalue weighted by atomic mass is 9.99. The number of nitrogens with two attached hydrogens (primary N) is 1. The van der Waals surface area contributed by atoms with E-state index in [1.54, 1.807) is 13.8 Å². The molecule has 0 saturated heterocycles. The van der Waals surface area contributed by atoms with Crippen molar-refractivity contribution in [2.45, 2.75) is 25.8 Å². The van der Waals surface area contributed by atoms with Gasteiger partial charge in [-0.25, -0.2) is 0 Å². The zero-order chi connectivity index (χ0) is 13.9. The Morgan fingerprint density at radius 3 is 2.67 bits per heavy atom. The van der Waals surface area contributed by atoms with Gasteiger partial charge in [0.1, 0.15) is 5.02 Å². The maximum absolute atomic E-state index is 11.8. The van der Waals surface area contributed by atoms with Crippen molar-refractivity contribution in [3.05, 3.63) is 33.3 Å². The number of nitro groups is 1. The molecule has 0 fully saturated rings. The number of anilines is 1. The molecule has 0 heterocycles. The summed E-state index contributed by atoms with van der Waals surface area (Å²) >= 11 is 5.73. The van der Waals surface area contributed by atoms with Gasteiger partial charge in [0, 0.05) is 11.8 Å². The van der Waals surface area contributed by atoms with Gasteiger partial charge in [0.25, 0.3) is 5.69 Å². The van der Waals surface area contributed by atoms with Crippen LogP contribution < -0.4 is 11.1 Å². The Hall–Kier alpha value is -1.66. The molecule has 6 nitrogen and oxygen atoms in total. The Labute approximate surface area is 109 Å². The van der Waals surface area contributed by atoms with Gasteiger partial charge in [0.05, 0.1) is 10.5 Å². The molecule has 0 spiro atoms. The van der Waals surface area contributed by atoms with Gasteiger partial charge in [0.15, 0.2) is 0 Å². The van der Waals surface area contributed by atoms with E-state index in [0.717, 1.165) is 0 Å². The zero-order valence-corrected chi connectivity index (χ0v) is 10.8. The van der Waals surface area contributed by atoms with E-state index in [-0.39, 0.29) is 16.6 Å². The number of hydrogen-bond acceptors (Lipinski definition) is 4. The maximum atomic E-state index is 11.8. The van der Waals surface area contributed by atoms with Gasteiger partial charge in [-0.1, -0.05) is 18.5 Å². The van der Waals surface area contributed by atoms with E-state index in [4.69, 9.17) is 17.3 Å². The lowest BCUT2D eigenvalue weighted by Crippen LogP contribution is -2.47. The molecule has 0 saturated carbocycles. The number of carbonyl (C=O) groups excluding carboxylic acids is 1. The molecule has 0 aliphatic carbocycles. The highest BCUT2D eigenvalue weighted by Crippen LogP contribution is 2.27. The first-order chi connectivity index (χ1) is 8.27. The summed E-state index contributed by atoms with van der Waals surface area (Å²) in [5, 5.41) is 13.1. The average molecular weight is 272 g/mol. The largest absolute Gasteiger partial charge is 0.324 e. The second-order valence-corrected chi connectivity index (χ2v) is 4.56. The molecule has 1 aromatic carbocycles. The molecule has 1 aromatic rings. The summed E-state index contributed by atoms with van der Waals surface area (Å²) in [5.41, 5.74) is 4.95. The summed E-state index contributed by atoms with van der Waals surface area (Å²) in [7, 11) is 0. The van der Waals surface area contributed by atoms with Crippen LogP contribution in [-0.4, -0.2) is 16.4 Å². The zero-order valence-electron chi connectivity index (χ0n) is 10.1. The molecule has 0 aliphatic heterocycles. The summed E-state index contributed by atoms with van der Waals surface area (Å²) in [6.07, 6.45) is 0.472. The SMILES string of the molecule is CCC(C)(N)C(=O)Nc1ccc([N+](=O)[O-])c(Cl)c1. The van der Waals surface area contributed by atoms with E-state index in [1.807, 2.05) is 0 Å². The van der Waals surface area contributed by atoms with Crippen LogP contribution in [0.1, 0.15) is 20.3 Å². The minimum absolute atomic E-state index is 0.0342. The standard InChI is InChI=1S/C11H14ClN3O3/c1-3-11(2,13)10(16)14-7-4-5-9(15(17)18)8(12)6-7/h4-6H,3,13H2,1-2H3,(H,14,16). The number of halogens is 1. The second kappa shape index (κ2) is 5.32. The molecule has 0 radical (unpaired) electrons. The lowest BCUT2D eigenvalue weighted by molar-refractivity contribution is -0.384. The van der Waals surface area contributed by atoms with Gasteiger partial charge in [0.2, 0.25) is 5.91 Å². The first-order valence-electron chi connectivity index (χ1n) is 5.32. The molecule has 1 unspecified atom stereocenters. The molecular formula is C11H14ClN3O3. The van der Waals surface area contributed by atoms with E-state index in [2.05, 4.69) is 5.32 Å². The Balaban J connectivity index is 2.91. The predicted octanol–water partition coefficient (Wildman–Crippen LogP) is 2.31. The molecule has 7 heteroatoms. The second-order valence-electron chi connectivity index (χ2n) is 4.15. The van der Waals surface area contributed by atoms with Crippen LogP contribution >= 0.6 is 11.6 Å². The number of nitrogens with zero attached hydrogens (tertiary/aromatic N) is 1. The van der Waals surface area contributed by atoms with Crippen LogP contribution in [0.3, 0.4) is 0 Å². The summed E-state index contributed by atoms with van der Waals surface area (Å²) in [6.45, 7) is 3.40. The van der Waals surface area contributed by atoms with Gasteiger partial charge in [-0.3, -0.25) is 14.9 Å². The fourth-order valence-corrected chi connectivity index (χ4v) is 1.42. The van der Waals surface area contributed by atoms with Gasteiger partial charge < -0.3 is 11.1 Å². The monoisotopic (exact) mass is 271 g/mol. The third-order valence-corrected chi connectivity index (χ3v) is 2.96. The van der Waals surface area contributed by atoms with E-state index >= 15 is 0 Å². The van der Waals surface area contributed by atoms with E-state index in [0.29, 0.717) is 12.1 Å². The summed E-state index contributed by atoms with van der Waals surface area (Å²) in [6, 6.07) is 3.97. The fraction of sp³-hybridized carbons (Fsp3) is 0.364. The third-order valence-electron chi connectivity index (χ3n) is 2.66. The topological polar surface area (TPSA) is 98.3 Å². The lowest BCUT2D eigenvalue weighted by Gasteiger charge is -2.21. The quantitative estimate of drug-likeness (QED) is 0.648. The number of hydrogen-bond donors (Lipinski definition) is 2. The van der Waals surface area contributed by atoms with Crippen molar-refractivity contribution >= 4 is 28.9 Å². The third kappa shape index (κ3) is 3.18. The Bertz CT molecular complexity index is 488. The van der Waals surface area contributed by atoms with Crippen molar-refractivity contribution in [2.75, 3.05) is 5.32 Å². The van der Waals surface area contributed by atoms with Crippen molar-refractivity contribution in [1.82, 2.24) is 0 Å². The van der Waals surface area contributed by atoms with Gasteiger partial charge in [-0.15, -0.1) is 0 Å². The molecule has 0 bridgehead atoms. The van der Waals surface area contributed by atoms with Crippen molar-refractivity contribution in [3.63, 3.8) is 0 Å². The van der Waals surface area contributed by atoms with Crippen molar-refractivity contribution in [1.29, 1.82) is 0 Å². The first kappa shape index (κ1) is 14.4. The van der Waals surface area contributed by atoms with E-state index < -0.39 is 10.5 Å². The van der Waals surface area contributed by atoms with Crippen LogP contribution in [0.4, 0.5) is 11.4 Å². The minimum Gasteiger partial charge on any atom is -0.324 e. The molecule has 0 aliphatic rings. The summed E-state index contributed by atoms with van der Waals surface area (Å²) < 4.78 is 0. The van der Waals surface area contributed by atoms with Crippen LogP contribution in [0.15, 0.2) is 18.2 Å². The first-order valence-corrected chi connectivity index (χ1v) is 5.70. The molecule has 0 aromatic heterocycles. The van der Waals surface area contributed by atoms with Crippen LogP contribution in [-0.2, 0) is 4.79 Å². The van der Waals surface area contributed by atoms with Crippen LogP contribution in [0.2, 0.25) is 5.02 Å². The van der Waals surface area contributed by atoms with Crippen molar-refractivity contribution < 1.29 is 9.72 Å². The molecule has 1 atom stereocenters. The highest BCUT2D eigenvalue weighted by atomic mass is 35.5. The molecule has 1 rings (SSSR count). The molecule has 1 amide bonds.